The highest BCUT2D eigenvalue weighted by atomic mass is 35.5. The normalized spacial score (nSPS) is 26.0. The number of alkyl halides is 1. The first-order valence-electron chi connectivity index (χ1n) is 15.3. The molecular weight excluding hydrogens is 639 g/mol. The molecule has 3 N–H and O–H groups in total. The van der Waals surface area contributed by atoms with Crippen molar-refractivity contribution in [1.29, 1.82) is 0 Å². The van der Waals surface area contributed by atoms with Gasteiger partial charge >= 0.3 is 6.01 Å². The Labute approximate surface area is 271 Å². The number of fused-ring (bicyclic) bond motifs is 3. The van der Waals surface area contributed by atoms with Crippen LogP contribution in [0.25, 0.3) is 37.0 Å². The van der Waals surface area contributed by atoms with E-state index in [-0.39, 0.29) is 61.0 Å². The number of hydrogen-bond donors (Lipinski definition) is 2. The fraction of sp³-hybridized carbons (Fsp3) is 0.438. The second kappa shape index (κ2) is 10.6. The van der Waals surface area contributed by atoms with E-state index in [1.54, 1.807) is 6.07 Å². The van der Waals surface area contributed by atoms with Gasteiger partial charge in [-0.1, -0.05) is 17.7 Å². The Kier molecular flexibility index (Phi) is 6.80. The second-order valence-corrected chi connectivity index (χ2v) is 14.4. The molecule has 4 aliphatic rings. The van der Waals surface area contributed by atoms with Gasteiger partial charge in [0.25, 0.3) is 0 Å². The van der Waals surface area contributed by atoms with E-state index in [2.05, 4.69) is 20.0 Å². The molecule has 0 saturated carbocycles. The summed E-state index contributed by atoms with van der Waals surface area (Å²) in [6, 6.07) is 4.12. The number of nitrogens with two attached hydrogens (primary N) is 1. The van der Waals surface area contributed by atoms with Crippen LogP contribution in [0.2, 0.25) is 5.02 Å². The average Bonchev–Trinajstić information content (AvgIpc) is 3.66. The molecule has 0 bridgehead atoms. The smallest absolute Gasteiger partial charge is 0.319 e. The lowest BCUT2D eigenvalue weighted by atomic mass is 9.79. The van der Waals surface area contributed by atoms with Crippen molar-refractivity contribution in [3.63, 3.8) is 0 Å². The van der Waals surface area contributed by atoms with Gasteiger partial charge in [-0.05, 0) is 49.9 Å². The number of nitrogen functional groups attached to an aromatic ring is 1. The molecule has 4 saturated heterocycles. The van der Waals surface area contributed by atoms with E-state index in [1.165, 1.54) is 12.1 Å². The third-order valence-corrected chi connectivity index (χ3v) is 11.3. The van der Waals surface area contributed by atoms with Crippen LogP contribution in [-0.2, 0) is 4.79 Å². The summed E-state index contributed by atoms with van der Waals surface area (Å²) in [5.41, 5.74) is 5.34. The number of β-lactam (4-membered cyclic amide) rings is 1. The summed E-state index contributed by atoms with van der Waals surface area (Å²) in [6.07, 6.45) is 3.11. The van der Waals surface area contributed by atoms with Crippen LogP contribution in [0.4, 0.5) is 29.7 Å². The van der Waals surface area contributed by atoms with E-state index >= 15 is 4.39 Å². The predicted molar refractivity (Wildman–Crippen MR) is 171 cm³/mol. The van der Waals surface area contributed by atoms with Gasteiger partial charge in [0, 0.05) is 42.4 Å². The number of rotatable bonds is 5. The van der Waals surface area contributed by atoms with Crippen LogP contribution in [0.1, 0.15) is 38.5 Å². The molecule has 3 atom stereocenters. The molecule has 1 unspecified atom stereocenters. The van der Waals surface area contributed by atoms with Crippen molar-refractivity contribution in [3.8, 4) is 17.1 Å². The van der Waals surface area contributed by atoms with Gasteiger partial charge in [-0.15, -0.1) is 11.3 Å². The molecular formula is C32H29ClF3N7O2S. The Bertz CT molecular complexity index is 1990. The first kappa shape index (κ1) is 29.5. The fourth-order valence-corrected chi connectivity index (χ4v) is 9.23. The van der Waals surface area contributed by atoms with Crippen LogP contribution in [0.15, 0.2) is 18.2 Å². The highest BCUT2D eigenvalue weighted by Gasteiger charge is 2.50. The number of nitrogens with zero attached hydrogens (tertiary/aromatic N) is 5. The minimum Gasteiger partial charge on any atom is -0.461 e. The molecule has 4 aliphatic heterocycles. The number of hydrogen-bond acceptors (Lipinski definition) is 8. The van der Waals surface area contributed by atoms with Crippen LogP contribution >= 0.6 is 22.9 Å². The van der Waals surface area contributed by atoms with Gasteiger partial charge < -0.3 is 20.7 Å². The zero-order valence-corrected chi connectivity index (χ0v) is 26.2. The predicted octanol–water partition coefficient (Wildman–Crippen LogP) is 6.39. The Morgan fingerprint density at radius 1 is 1.24 bits per heavy atom. The first-order chi connectivity index (χ1) is 22.1. The Balaban J connectivity index is 1.28. The Hall–Kier alpha value is -3.86. The number of carbonyl (C=O) groups excluding carboxylic acids is 1. The molecule has 4 fully saturated rings. The topological polar surface area (TPSA) is 101 Å². The van der Waals surface area contributed by atoms with Crippen molar-refractivity contribution in [2.75, 3.05) is 43.4 Å². The van der Waals surface area contributed by atoms with Gasteiger partial charge in [-0.2, -0.15) is 9.97 Å². The van der Waals surface area contributed by atoms with Crippen LogP contribution in [0.5, 0.6) is 6.01 Å². The summed E-state index contributed by atoms with van der Waals surface area (Å²) in [7, 11) is 0. The summed E-state index contributed by atoms with van der Waals surface area (Å²) in [4.78, 5) is 28.9. The number of aromatic nitrogens is 2. The summed E-state index contributed by atoms with van der Waals surface area (Å²) in [5.74, 6) is -0.959. The maximum absolute atomic E-state index is 16.9. The average molecular weight is 668 g/mol. The molecule has 14 heteroatoms. The third-order valence-electron chi connectivity index (χ3n) is 10.0. The number of carbonyl (C=O) groups is 1. The van der Waals surface area contributed by atoms with Gasteiger partial charge in [0.2, 0.25) is 11.6 Å². The number of anilines is 2. The highest BCUT2D eigenvalue weighted by molar-refractivity contribution is 7.23. The fourth-order valence-electron chi connectivity index (χ4n) is 8.00. The molecule has 1 spiro atoms. The molecule has 1 amide bonds. The van der Waals surface area contributed by atoms with E-state index in [4.69, 9.17) is 33.6 Å². The Morgan fingerprint density at radius 3 is 2.83 bits per heavy atom. The van der Waals surface area contributed by atoms with Crippen LogP contribution < -0.4 is 20.7 Å². The Morgan fingerprint density at radius 2 is 2.04 bits per heavy atom. The second-order valence-electron chi connectivity index (χ2n) is 12.9. The molecule has 0 aliphatic carbocycles. The number of thiophene rings is 1. The standard InChI is InChI=1S/C32H29ClF3N7O2S/c1-38-26-23-17(4-5-20(35)27(23)46-28(26)37)22-19(33)10-18-25(24(22)36)39-30(45-15-32-7-3-9-43(32)13-16(34)11-32)40-29(18)42-8-2-6-31(14-42)12-21(44)41-31/h4-5,10,16H,2-3,6-9,11-15,37H2,(H,41,44)/t16-,31?,32+/m1/s1. The number of nitrogens with one attached hydrogen (secondary N) is 1. The van der Waals surface area contributed by atoms with Crippen LogP contribution in [0.3, 0.4) is 0 Å². The molecule has 8 rings (SSSR count). The van der Waals surface area contributed by atoms with E-state index in [9.17, 15) is 13.6 Å². The van der Waals surface area contributed by atoms with Gasteiger partial charge in [-0.3, -0.25) is 9.69 Å². The van der Waals surface area contributed by atoms with Gasteiger partial charge in [0.05, 0.1) is 38.8 Å². The quantitative estimate of drug-likeness (QED) is 0.188. The highest BCUT2D eigenvalue weighted by Crippen LogP contribution is 2.49. The van der Waals surface area contributed by atoms with Gasteiger partial charge in [0.15, 0.2) is 5.82 Å². The maximum atomic E-state index is 16.9. The summed E-state index contributed by atoms with van der Waals surface area (Å²) in [6.45, 7) is 10.0. The molecule has 46 heavy (non-hydrogen) atoms. The van der Waals surface area contributed by atoms with E-state index in [0.717, 1.165) is 43.6 Å². The largest absolute Gasteiger partial charge is 0.461 e. The summed E-state index contributed by atoms with van der Waals surface area (Å²) in [5, 5.41) is 3.72. The number of halogens is 4. The lowest BCUT2D eigenvalue weighted by Crippen LogP contribution is -2.68. The number of benzene rings is 2. The zero-order valence-electron chi connectivity index (χ0n) is 24.6. The molecule has 4 aromatic rings. The van der Waals surface area contributed by atoms with Crippen LogP contribution in [0, 0.1) is 18.2 Å². The van der Waals surface area contributed by atoms with Crippen molar-refractivity contribution >= 4 is 66.3 Å². The van der Waals surface area contributed by atoms with Gasteiger partial charge in [-0.25, -0.2) is 18.0 Å². The van der Waals surface area contributed by atoms with Crippen molar-refractivity contribution < 1.29 is 22.7 Å². The number of ether oxygens (including phenoxy) is 1. The zero-order chi connectivity index (χ0) is 32.0. The lowest BCUT2D eigenvalue weighted by Gasteiger charge is -2.49. The summed E-state index contributed by atoms with van der Waals surface area (Å²) < 4.78 is 52.6. The molecule has 238 valence electrons. The SMILES string of the molecule is [C-]#[N+]c1c(N)sc2c(F)ccc(-c3c(Cl)cc4c(N5CCCC6(CC(=O)N6)C5)nc(OC[C@@]56CCCN5C[C@H](F)C6)nc4c3F)c12. The van der Waals surface area contributed by atoms with E-state index in [1.807, 2.05) is 4.90 Å². The van der Waals surface area contributed by atoms with E-state index < -0.39 is 28.9 Å². The number of amides is 1. The maximum Gasteiger partial charge on any atom is 0.319 e. The molecule has 6 heterocycles. The minimum atomic E-state index is -0.944. The first-order valence-corrected chi connectivity index (χ1v) is 16.5. The third kappa shape index (κ3) is 4.48. The summed E-state index contributed by atoms with van der Waals surface area (Å²) >= 11 is 7.75. The molecule has 2 aromatic heterocycles. The minimum absolute atomic E-state index is 0.0151. The monoisotopic (exact) mass is 667 g/mol. The van der Waals surface area contributed by atoms with Crippen molar-refractivity contribution in [3.05, 3.63) is 46.3 Å². The van der Waals surface area contributed by atoms with E-state index in [0.29, 0.717) is 43.7 Å². The van der Waals surface area contributed by atoms with Gasteiger partial charge in [0.1, 0.15) is 29.9 Å². The van der Waals surface area contributed by atoms with Crippen molar-refractivity contribution in [2.45, 2.75) is 55.8 Å². The molecule has 2 aromatic carbocycles. The molecule has 9 nitrogen and oxygen atoms in total. The number of piperidine rings is 1. The van der Waals surface area contributed by atoms with Crippen molar-refractivity contribution in [1.82, 2.24) is 20.2 Å². The lowest BCUT2D eigenvalue weighted by molar-refractivity contribution is -0.133. The molecule has 0 radical (unpaired) electrons. The van der Waals surface area contributed by atoms with Crippen molar-refractivity contribution in [2.24, 2.45) is 0 Å². The van der Waals surface area contributed by atoms with Crippen LogP contribution in [-0.4, -0.2) is 70.8 Å².